The van der Waals surface area contributed by atoms with Crippen LogP contribution in [0.2, 0.25) is 0 Å². The first-order valence-electron chi connectivity index (χ1n) is 3.17. The molecular weight excluding hydrogens is 132 g/mol. The molecule has 0 spiro atoms. The van der Waals surface area contributed by atoms with Gasteiger partial charge in [-0.1, -0.05) is 0 Å². The van der Waals surface area contributed by atoms with Gasteiger partial charge in [0.2, 0.25) is 0 Å². The fraction of sp³-hybridized carbons (Fsp3) is 0.714. The molecule has 0 fully saturated rings. The monoisotopic (exact) mass is 144 g/mol. The number of hydrogen-bond donors (Lipinski definition) is 0. The Morgan fingerprint density at radius 1 is 1.30 bits per heavy atom. The zero-order valence-corrected chi connectivity index (χ0v) is 6.35. The predicted molar refractivity (Wildman–Crippen MR) is 36.8 cm³/mol. The number of Topliss-reactive ketones (excluding diaryl/α,β-unsaturated/α-hetero) is 2. The molecule has 0 radical (unpaired) electrons. The van der Waals surface area contributed by atoms with Gasteiger partial charge in [-0.05, 0) is 6.92 Å². The van der Waals surface area contributed by atoms with Crippen LogP contribution >= 0.6 is 0 Å². The van der Waals surface area contributed by atoms with Gasteiger partial charge in [-0.25, -0.2) is 0 Å². The standard InChI is InChI=1S/C7H12O3/c1-6(8)3-4-7(9)5-10-2/h3-5H2,1-2H3. The Bertz CT molecular complexity index is 129. The first kappa shape index (κ1) is 9.30. The minimum atomic E-state index is -0.0160. The van der Waals surface area contributed by atoms with E-state index in [1.165, 1.54) is 14.0 Å². The van der Waals surface area contributed by atoms with Gasteiger partial charge in [-0.15, -0.1) is 0 Å². The topological polar surface area (TPSA) is 43.4 Å². The zero-order chi connectivity index (χ0) is 7.98. The Labute approximate surface area is 60.4 Å². The van der Waals surface area contributed by atoms with Crippen molar-refractivity contribution in [1.29, 1.82) is 0 Å². The fourth-order valence-electron chi connectivity index (χ4n) is 0.549. The lowest BCUT2D eigenvalue weighted by molar-refractivity contribution is -0.125. The molecule has 3 nitrogen and oxygen atoms in total. The molecule has 0 aromatic rings. The quantitative estimate of drug-likeness (QED) is 0.566. The van der Waals surface area contributed by atoms with Gasteiger partial charge >= 0.3 is 0 Å². The molecule has 58 valence electrons. The third-order valence-corrected chi connectivity index (χ3v) is 1.06. The Morgan fingerprint density at radius 3 is 2.30 bits per heavy atom. The van der Waals surface area contributed by atoms with E-state index in [-0.39, 0.29) is 18.2 Å². The van der Waals surface area contributed by atoms with Gasteiger partial charge in [0, 0.05) is 20.0 Å². The zero-order valence-electron chi connectivity index (χ0n) is 6.35. The van der Waals surface area contributed by atoms with Crippen molar-refractivity contribution in [2.24, 2.45) is 0 Å². The number of carbonyl (C=O) groups is 2. The second-order valence-corrected chi connectivity index (χ2v) is 2.17. The van der Waals surface area contributed by atoms with Crippen molar-refractivity contribution in [2.45, 2.75) is 19.8 Å². The van der Waals surface area contributed by atoms with Crippen LogP contribution < -0.4 is 0 Å². The Morgan fingerprint density at radius 2 is 1.90 bits per heavy atom. The second-order valence-electron chi connectivity index (χ2n) is 2.17. The highest BCUT2D eigenvalue weighted by atomic mass is 16.5. The van der Waals surface area contributed by atoms with Crippen LogP contribution in [-0.4, -0.2) is 25.3 Å². The number of methoxy groups -OCH3 is 1. The summed E-state index contributed by atoms with van der Waals surface area (Å²) in [7, 11) is 1.46. The molecule has 0 amide bonds. The van der Waals surface area contributed by atoms with E-state index in [9.17, 15) is 9.59 Å². The number of hydrogen-bond acceptors (Lipinski definition) is 3. The van der Waals surface area contributed by atoms with Crippen LogP contribution in [0.3, 0.4) is 0 Å². The van der Waals surface area contributed by atoms with Gasteiger partial charge < -0.3 is 9.53 Å². The molecule has 0 saturated heterocycles. The molecule has 0 atom stereocenters. The lowest BCUT2D eigenvalue weighted by Crippen LogP contribution is -2.07. The number of ether oxygens (including phenoxy) is 1. The van der Waals surface area contributed by atoms with Gasteiger partial charge in [0.15, 0.2) is 5.78 Å². The van der Waals surface area contributed by atoms with Crippen molar-refractivity contribution in [3.05, 3.63) is 0 Å². The molecule has 0 aromatic carbocycles. The van der Waals surface area contributed by atoms with Gasteiger partial charge in [-0.2, -0.15) is 0 Å². The number of rotatable bonds is 5. The highest BCUT2D eigenvalue weighted by Crippen LogP contribution is 1.91. The summed E-state index contributed by atoms with van der Waals surface area (Å²) in [5, 5.41) is 0. The highest BCUT2D eigenvalue weighted by Gasteiger charge is 2.01. The van der Waals surface area contributed by atoms with E-state index < -0.39 is 0 Å². The molecule has 0 aromatic heterocycles. The molecular formula is C7H12O3. The van der Waals surface area contributed by atoms with Crippen LogP contribution in [0.5, 0.6) is 0 Å². The van der Waals surface area contributed by atoms with E-state index in [1.807, 2.05) is 0 Å². The van der Waals surface area contributed by atoms with Crippen molar-refractivity contribution >= 4 is 11.6 Å². The summed E-state index contributed by atoms with van der Waals surface area (Å²) in [6.07, 6.45) is 0.644. The van der Waals surface area contributed by atoms with Crippen LogP contribution in [0.4, 0.5) is 0 Å². The summed E-state index contributed by atoms with van der Waals surface area (Å²) in [5.41, 5.74) is 0. The van der Waals surface area contributed by atoms with E-state index in [2.05, 4.69) is 4.74 Å². The van der Waals surface area contributed by atoms with E-state index in [1.54, 1.807) is 0 Å². The summed E-state index contributed by atoms with van der Waals surface area (Å²) in [6, 6.07) is 0. The summed E-state index contributed by atoms with van der Waals surface area (Å²) in [4.78, 5) is 21.0. The van der Waals surface area contributed by atoms with Gasteiger partial charge in [0.1, 0.15) is 12.4 Å². The second kappa shape index (κ2) is 5.11. The third kappa shape index (κ3) is 5.44. The number of carbonyl (C=O) groups excluding carboxylic acids is 2. The van der Waals surface area contributed by atoms with Crippen LogP contribution in [-0.2, 0) is 14.3 Å². The van der Waals surface area contributed by atoms with Crippen molar-refractivity contribution < 1.29 is 14.3 Å². The molecule has 0 rings (SSSR count). The fourth-order valence-corrected chi connectivity index (χ4v) is 0.549. The summed E-state index contributed by atoms with van der Waals surface area (Å²) in [5.74, 6) is 0.0298. The van der Waals surface area contributed by atoms with Crippen molar-refractivity contribution in [1.82, 2.24) is 0 Å². The summed E-state index contributed by atoms with van der Waals surface area (Å²) in [6.45, 7) is 1.59. The van der Waals surface area contributed by atoms with Gasteiger partial charge in [0.05, 0.1) is 0 Å². The maximum absolute atomic E-state index is 10.7. The predicted octanol–water partition coefficient (Wildman–Crippen LogP) is 0.571. The lowest BCUT2D eigenvalue weighted by Gasteiger charge is -1.95. The van der Waals surface area contributed by atoms with E-state index in [4.69, 9.17) is 0 Å². The average Bonchev–Trinajstić information content (AvgIpc) is 1.85. The van der Waals surface area contributed by atoms with E-state index in [0.717, 1.165) is 0 Å². The molecule has 0 bridgehead atoms. The molecule has 0 unspecified atom stereocenters. The summed E-state index contributed by atoms with van der Waals surface area (Å²) < 4.78 is 4.58. The van der Waals surface area contributed by atoms with Crippen molar-refractivity contribution in [3.8, 4) is 0 Å². The number of ketones is 2. The minimum Gasteiger partial charge on any atom is -0.377 e. The normalized spacial score (nSPS) is 9.40. The van der Waals surface area contributed by atoms with Crippen LogP contribution in [0.25, 0.3) is 0 Å². The van der Waals surface area contributed by atoms with Crippen molar-refractivity contribution in [2.75, 3.05) is 13.7 Å². The molecule has 0 aliphatic rings. The Hall–Kier alpha value is -0.700. The van der Waals surface area contributed by atoms with Crippen molar-refractivity contribution in [3.63, 3.8) is 0 Å². The maximum Gasteiger partial charge on any atom is 0.158 e. The van der Waals surface area contributed by atoms with Gasteiger partial charge in [-0.3, -0.25) is 4.79 Å². The van der Waals surface area contributed by atoms with Crippen LogP contribution in [0.15, 0.2) is 0 Å². The van der Waals surface area contributed by atoms with Crippen LogP contribution in [0, 0.1) is 0 Å². The maximum atomic E-state index is 10.7. The smallest absolute Gasteiger partial charge is 0.158 e. The van der Waals surface area contributed by atoms with Gasteiger partial charge in [0.25, 0.3) is 0 Å². The first-order chi connectivity index (χ1) is 4.66. The average molecular weight is 144 g/mol. The van der Waals surface area contributed by atoms with E-state index in [0.29, 0.717) is 12.8 Å². The highest BCUT2D eigenvalue weighted by molar-refractivity contribution is 5.85. The first-order valence-corrected chi connectivity index (χ1v) is 3.17. The van der Waals surface area contributed by atoms with Crippen LogP contribution in [0.1, 0.15) is 19.8 Å². The molecule has 3 heteroatoms. The minimum absolute atomic E-state index is 0.0160. The molecule has 10 heavy (non-hydrogen) atoms. The Balaban J connectivity index is 3.30. The lowest BCUT2D eigenvalue weighted by atomic mass is 10.2. The molecule has 0 heterocycles. The SMILES string of the molecule is COCC(=O)CCC(C)=O. The molecule has 0 aliphatic heterocycles. The summed E-state index contributed by atoms with van der Waals surface area (Å²) >= 11 is 0. The Kier molecular flexibility index (Phi) is 4.76. The molecule has 0 aliphatic carbocycles. The molecule has 0 saturated carbocycles. The largest absolute Gasteiger partial charge is 0.377 e. The molecule has 0 N–H and O–H groups in total. The third-order valence-electron chi connectivity index (χ3n) is 1.06. The van der Waals surface area contributed by atoms with E-state index >= 15 is 0 Å².